The van der Waals surface area contributed by atoms with Crippen molar-refractivity contribution in [3.63, 3.8) is 0 Å². The lowest BCUT2D eigenvalue weighted by Crippen LogP contribution is -2.19. The number of hydrogen-bond donors (Lipinski definition) is 1. The smallest absolute Gasteiger partial charge is 0.210 e. The molecule has 21 heavy (non-hydrogen) atoms. The maximum Gasteiger partial charge on any atom is 0.210 e. The van der Waals surface area contributed by atoms with Gasteiger partial charge in [0.2, 0.25) is 9.84 Å². The molecule has 1 aliphatic carbocycles. The summed E-state index contributed by atoms with van der Waals surface area (Å²) in [7, 11) is -3.78. The highest BCUT2D eigenvalue weighted by atomic mass is 32.2. The molecule has 2 aliphatic rings. The Morgan fingerprint density at radius 1 is 1.10 bits per heavy atom. The van der Waals surface area contributed by atoms with Crippen LogP contribution in [0, 0.1) is 5.92 Å². The van der Waals surface area contributed by atoms with Gasteiger partial charge in [0.05, 0.1) is 4.90 Å². The number of rotatable bonds is 2. The van der Waals surface area contributed by atoms with Crippen LogP contribution in [0.15, 0.2) is 28.0 Å². The predicted octanol–water partition coefficient (Wildman–Crippen LogP) is 3.06. The number of hydrogen-bond acceptors (Lipinski definition) is 4. The van der Waals surface area contributed by atoms with Crippen molar-refractivity contribution >= 4 is 21.7 Å². The molecule has 1 N–H and O–H groups in total. The summed E-state index contributed by atoms with van der Waals surface area (Å²) in [6, 6.07) is 4.19. The Morgan fingerprint density at radius 3 is 2.43 bits per heavy atom. The molecule has 0 aromatic heterocycles. The number of allylic oxidation sites excluding steroid dienone is 1. The summed E-state index contributed by atoms with van der Waals surface area (Å²) >= 11 is 0. The second kappa shape index (κ2) is 5.30. The monoisotopic (exact) mass is 306 g/mol. The Hall–Kier alpha value is -1.62. The van der Waals surface area contributed by atoms with Gasteiger partial charge in [0.1, 0.15) is 10.7 Å². The average molecular weight is 306 g/mol. The van der Waals surface area contributed by atoms with Gasteiger partial charge >= 0.3 is 0 Å². The van der Waals surface area contributed by atoms with E-state index in [-0.39, 0.29) is 27.3 Å². The van der Waals surface area contributed by atoms with Crippen LogP contribution in [-0.2, 0) is 14.6 Å². The first kappa shape index (κ1) is 14.3. The highest BCUT2D eigenvalue weighted by Gasteiger charge is 2.37. The number of aromatic hydroxyl groups is 1. The molecular formula is C16H18O4S. The third-order valence-electron chi connectivity index (χ3n) is 4.33. The predicted molar refractivity (Wildman–Crippen MR) is 79.5 cm³/mol. The number of Topliss-reactive ketones (excluding diaryl/α,β-unsaturated/α-hetero) is 1. The van der Waals surface area contributed by atoms with Gasteiger partial charge in [-0.2, -0.15) is 0 Å². The molecule has 4 nitrogen and oxygen atoms in total. The van der Waals surface area contributed by atoms with Crippen molar-refractivity contribution in [2.45, 2.75) is 43.4 Å². The lowest BCUT2D eigenvalue weighted by atomic mass is 9.94. The van der Waals surface area contributed by atoms with E-state index in [0.29, 0.717) is 5.56 Å². The third-order valence-corrected chi connectivity index (χ3v) is 6.16. The van der Waals surface area contributed by atoms with Crippen molar-refractivity contribution in [2.24, 2.45) is 5.92 Å². The van der Waals surface area contributed by atoms with E-state index >= 15 is 0 Å². The first-order chi connectivity index (χ1) is 10.00. The minimum atomic E-state index is -3.78. The van der Waals surface area contributed by atoms with Crippen molar-refractivity contribution in [2.75, 3.05) is 0 Å². The lowest BCUT2D eigenvalue weighted by Gasteiger charge is -2.13. The van der Waals surface area contributed by atoms with Crippen LogP contribution in [-0.4, -0.2) is 19.3 Å². The van der Waals surface area contributed by atoms with Gasteiger partial charge in [0.25, 0.3) is 0 Å². The summed E-state index contributed by atoms with van der Waals surface area (Å²) in [4.78, 5) is 12.6. The molecule has 5 heteroatoms. The molecule has 1 aromatic rings. The van der Waals surface area contributed by atoms with Gasteiger partial charge in [-0.1, -0.05) is 25.7 Å². The topological polar surface area (TPSA) is 71.4 Å². The van der Waals surface area contributed by atoms with E-state index in [4.69, 9.17) is 0 Å². The number of phenols is 1. The Bertz CT molecular complexity index is 708. The van der Waals surface area contributed by atoms with Crippen LogP contribution in [0.25, 0.3) is 6.08 Å². The molecule has 3 rings (SSSR count). The van der Waals surface area contributed by atoms with Gasteiger partial charge in [-0.25, -0.2) is 8.42 Å². The van der Waals surface area contributed by atoms with Crippen molar-refractivity contribution in [3.8, 4) is 5.75 Å². The Labute approximate surface area is 124 Å². The minimum Gasteiger partial charge on any atom is -0.508 e. The number of sulfone groups is 1. The van der Waals surface area contributed by atoms with Crippen LogP contribution in [0.3, 0.4) is 0 Å². The second-order valence-corrected chi connectivity index (χ2v) is 7.67. The molecule has 0 amide bonds. The highest BCUT2D eigenvalue weighted by molar-refractivity contribution is 7.96. The summed E-state index contributed by atoms with van der Waals surface area (Å²) in [6.07, 6.45) is 7.19. The van der Waals surface area contributed by atoms with E-state index < -0.39 is 9.84 Å². The lowest BCUT2D eigenvalue weighted by molar-refractivity contribution is -0.118. The van der Waals surface area contributed by atoms with Gasteiger partial charge in [-0.05, 0) is 42.7 Å². The molecule has 1 aliphatic heterocycles. The van der Waals surface area contributed by atoms with Crippen LogP contribution in [0.1, 0.15) is 44.1 Å². The summed E-state index contributed by atoms with van der Waals surface area (Å²) in [6.45, 7) is 0. The first-order valence-electron chi connectivity index (χ1n) is 7.34. The van der Waals surface area contributed by atoms with E-state index in [2.05, 4.69) is 0 Å². The van der Waals surface area contributed by atoms with Gasteiger partial charge < -0.3 is 5.11 Å². The molecule has 112 valence electrons. The third kappa shape index (κ3) is 2.50. The zero-order chi connectivity index (χ0) is 15.0. The van der Waals surface area contributed by atoms with Gasteiger partial charge in [0, 0.05) is 5.92 Å². The maximum atomic E-state index is 12.6. The molecule has 0 saturated heterocycles. The van der Waals surface area contributed by atoms with Gasteiger partial charge in [-0.3, -0.25) is 4.79 Å². The molecule has 1 saturated carbocycles. The fourth-order valence-corrected chi connectivity index (χ4v) is 4.82. The molecule has 0 radical (unpaired) electrons. The van der Waals surface area contributed by atoms with Crippen LogP contribution >= 0.6 is 0 Å². The zero-order valence-electron chi connectivity index (χ0n) is 11.7. The highest BCUT2D eigenvalue weighted by Crippen LogP contribution is 2.38. The number of ketones is 1. The van der Waals surface area contributed by atoms with Crippen molar-refractivity contribution in [3.05, 3.63) is 28.7 Å². The SMILES string of the molecule is O=C(C1=Cc2ccc(O)cc2S1(=O)=O)C1CCCCCC1. The average Bonchev–Trinajstić information content (AvgIpc) is 2.65. The van der Waals surface area contributed by atoms with Gasteiger partial charge in [-0.15, -0.1) is 0 Å². The van der Waals surface area contributed by atoms with E-state index in [1.807, 2.05) is 0 Å². The number of carbonyl (C=O) groups is 1. The normalized spacial score (nSPS) is 21.4. The van der Waals surface area contributed by atoms with E-state index in [0.717, 1.165) is 38.5 Å². The number of phenolic OH excluding ortho intramolecular Hbond substituents is 1. The van der Waals surface area contributed by atoms with Crippen molar-refractivity contribution < 1.29 is 18.3 Å². The second-order valence-electron chi connectivity index (χ2n) is 5.79. The maximum absolute atomic E-state index is 12.6. The van der Waals surface area contributed by atoms with E-state index in [9.17, 15) is 18.3 Å². The number of carbonyl (C=O) groups excluding carboxylic acids is 1. The molecule has 0 atom stereocenters. The molecule has 1 heterocycles. The Morgan fingerprint density at radius 2 is 1.76 bits per heavy atom. The molecular weight excluding hydrogens is 288 g/mol. The summed E-state index contributed by atoms with van der Waals surface area (Å²) in [5.74, 6) is -0.544. The molecule has 0 spiro atoms. The standard InChI is InChI=1S/C16H18O4S/c17-13-8-7-12-9-15(21(19,20)14(12)10-13)16(18)11-5-3-1-2-4-6-11/h7-11,17H,1-6H2. The van der Waals surface area contributed by atoms with Crippen LogP contribution in [0.2, 0.25) is 0 Å². The molecule has 0 unspecified atom stereocenters. The van der Waals surface area contributed by atoms with Crippen molar-refractivity contribution in [1.82, 2.24) is 0 Å². The van der Waals surface area contributed by atoms with Crippen LogP contribution in [0.5, 0.6) is 5.75 Å². The van der Waals surface area contributed by atoms with Crippen LogP contribution in [0.4, 0.5) is 0 Å². The largest absolute Gasteiger partial charge is 0.508 e. The summed E-state index contributed by atoms with van der Waals surface area (Å²) < 4.78 is 25.0. The van der Waals surface area contributed by atoms with Gasteiger partial charge in [0.15, 0.2) is 5.78 Å². The number of benzene rings is 1. The molecule has 1 fully saturated rings. The summed E-state index contributed by atoms with van der Waals surface area (Å²) in [5.41, 5.74) is 0.491. The molecule has 1 aromatic carbocycles. The van der Waals surface area contributed by atoms with E-state index in [1.165, 1.54) is 24.3 Å². The quantitative estimate of drug-likeness (QED) is 0.852. The first-order valence-corrected chi connectivity index (χ1v) is 8.82. The minimum absolute atomic E-state index is 0.0412. The fourth-order valence-electron chi connectivity index (χ4n) is 3.16. The number of fused-ring (bicyclic) bond motifs is 1. The fraction of sp³-hybridized carbons (Fsp3) is 0.438. The summed E-state index contributed by atoms with van der Waals surface area (Å²) in [5, 5.41) is 9.47. The van der Waals surface area contributed by atoms with Crippen molar-refractivity contribution in [1.29, 1.82) is 0 Å². The Balaban J connectivity index is 1.95. The molecule has 0 bridgehead atoms. The Kier molecular flexibility index (Phi) is 3.61. The van der Waals surface area contributed by atoms with Crippen LogP contribution < -0.4 is 0 Å². The van der Waals surface area contributed by atoms with E-state index in [1.54, 1.807) is 0 Å². The zero-order valence-corrected chi connectivity index (χ0v) is 12.5.